The van der Waals surface area contributed by atoms with Crippen LogP contribution in [0.1, 0.15) is 6.42 Å². The molecular formula is C15H15ClN4O6S2. The molecule has 28 heavy (non-hydrogen) atoms. The van der Waals surface area contributed by atoms with Crippen molar-refractivity contribution in [2.24, 2.45) is 33.9 Å². The number of hydrogen-bond donors (Lipinski definition) is 3. The van der Waals surface area contributed by atoms with Gasteiger partial charge < -0.3 is 0 Å². The van der Waals surface area contributed by atoms with Gasteiger partial charge in [0.15, 0.2) is 0 Å². The molecule has 1 heterocycles. The Morgan fingerprint density at radius 3 is 1.89 bits per heavy atom. The van der Waals surface area contributed by atoms with Crippen LogP contribution in [0.5, 0.6) is 0 Å². The molecule has 0 radical (unpaired) electrons. The largest absolute Gasteiger partial charge is 0.287 e. The molecule has 3 aliphatic rings. The highest BCUT2D eigenvalue weighted by molar-refractivity contribution is 7.90. The average molecular weight is 447 g/mol. The van der Waals surface area contributed by atoms with Crippen LogP contribution in [0, 0.1) is 23.7 Å². The van der Waals surface area contributed by atoms with Crippen molar-refractivity contribution in [1.82, 2.24) is 5.01 Å². The van der Waals surface area contributed by atoms with Crippen molar-refractivity contribution in [2.75, 3.05) is 5.43 Å². The van der Waals surface area contributed by atoms with E-state index in [1.54, 1.807) is 0 Å². The van der Waals surface area contributed by atoms with E-state index in [4.69, 9.17) is 21.9 Å². The molecule has 1 aromatic rings. The Kier molecular flexibility index (Phi) is 4.14. The van der Waals surface area contributed by atoms with Crippen molar-refractivity contribution in [3.05, 3.63) is 29.3 Å². The van der Waals surface area contributed by atoms with Gasteiger partial charge in [-0.3, -0.25) is 15.0 Å². The van der Waals surface area contributed by atoms with Gasteiger partial charge in [-0.2, -0.15) is 5.01 Å². The topological polar surface area (TPSA) is 170 Å². The van der Waals surface area contributed by atoms with Gasteiger partial charge in [0, 0.05) is 0 Å². The maximum absolute atomic E-state index is 12.7. The van der Waals surface area contributed by atoms with E-state index >= 15 is 0 Å². The summed E-state index contributed by atoms with van der Waals surface area (Å²) in [7, 11) is -8.78. The summed E-state index contributed by atoms with van der Waals surface area (Å²) >= 11 is 5.91. The highest BCUT2D eigenvalue weighted by Gasteiger charge is 2.59. The second-order valence-corrected chi connectivity index (χ2v) is 10.5. The predicted octanol–water partition coefficient (Wildman–Crippen LogP) is -0.231. The molecule has 1 aliphatic heterocycles. The first-order valence-corrected chi connectivity index (χ1v) is 11.6. The number of primary sulfonamides is 2. The first-order chi connectivity index (χ1) is 12.9. The molecule has 1 aromatic carbocycles. The zero-order chi connectivity index (χ0) is 20.6. The normalized spacial score (nSPS) is 28.9. The highest BCUT2D eigenvalue weighted by atomic mass is 35.5. The lowest BCUT2D eigenvalue weighted by molar-refractivity contribution is -0.139. The third kappa shape index (κ3) is 2.83. The Hall–Kier alpha value is -1.99. The number of carbonyl (C=O) groups excluding carboxylic acids is 2. The molecule has 150 valence electrons. The number of hydrazine groups is 1. The fraction of sp³-hybridized carbons (Fsp3) is 0.333. The number of rotatable bonds is 4. The monoisotopic (exact) mass is 446 g/mol. The van der Waals surface area contributed by atoms with Crippen molar-refractivity contribution in [2.45, 2.75) is 16.2 Å². The minimum Gasteiger partial charge on any atom is -0.287 e. The van der Waals surface area contributed by atoms with Gasteiger partial charge in [0.05, 0.1) is 22.5 Å². The Labute approximate surface area is 165 Å². The number of fused-ring (bicyclic) bond motifs is 5. The van der Waals surface area contributed by atoms with E-state index in [-0.39, 0.29) is 17.5 Å². The number of hydrogen-bond acceptors (Lipinski definition) is 7. The molecule has 2 fully saturated rings. The molecule has 4 rings (SSSR count). The maximum atomic E-state index is 12.7. The van der Waals surface area contributed by atoms with Gasteiger partial charge in [-0.15, -0.1) is 0 Å². The van der Waals surface area contributed by atoms with E-state index in [9.17, 15) is 26.4 Å². The number of halogens is 1. The summed E-state index contributed by atoms with van der Waals surface area (Å²) < 4.78 is 47.1. The fourth-order valence-electron chi connectivity index (χ4n) is 4.21. The van der Waals surface area contributed by atoms with Gasteiger partial charge in [0.25, 0.3) is 11.8 Å². The summed E-state index contributed by atoms with van der Waals surface area (Å²) in [6.07, 6.45) is 4.56. The molecule has 2 aliphatic carbocycles. The highest BCUT2D eigenvalue weighted by Crippen LogP contribution is 2.52. The molecular weight excluding hydrogens is 432 g/mol. The van der Waals surface area contributed by atoms with Gasteiger partial charge in [-0.25, -0.2) is 27.1 Å². The van der Waals surface area contributed by atoms with Crippen LogP contribution < -0.4 is 15.7 Å². The van der Waals surface area contributed by atoms with E-state index in [0.29, 0.717) is 6.07 Å². The average Bonchev–Trinajstić information content (AvgIpc) is 3.22. The minimum atomic E-state index is -4.44. The molecule has 0 aromatic heterocycles. The second-order valence-electron chi connectivity index (χ2n) is 6.99. The molecule has 1 saturated heterocycles. The van der Waals surface area contributed by atoms with E-state index in [1.807, 2.05) is 12.2 Å². The molecule has 4 atom stereocenters. The predicted molar refractivity (Wildman–Crippen MR) is 97.4 cm³/mol. The van der Waals surface area contributed by atoms with Crippen LogP contribution >= 0.6 is 11.6 Å². The van der Waals surface area contributed by atoms with Crippen molar-refractivity contribution >= 4 is 49.1 Å². The van der Waals surface area contributed by atoms with Crippen LogP contribution in [-0.2, 0) is 29.6 Å². The summed E-state index contributed by atoms with van der Waals surface area (Å²) in [6, 6.07) is 1.63. The lowest BCUT2D eigenvalue weighted by atomic mass is 9.85. The van der Waals surface area contributed by atoms with E-state index in [0.717, 1.165) is 17.5 Å². The molecule has 10 nitrogen and oxygen atoms in total. The lowest BCUT2D eigenvalue weighted by Gasteiger charge is -2.21. The third-order valence-corrected chi connectivity index (χ3v) is 7.68. The van der Waals surface area contributed by atoms with Gasteiger partial charge in [0.1, 0.15) is 9.79 Å². The van der Waals surface area contributed by atoms with Gasteiger partial charge in [-0.05, 0) is 30.4 Å². The molecule has 0 spiro atoms. The van der Waals surface area contributed by atoms with Gasteiger partial charge >= 0.3 is 0 Å². The number of amides is 2. The van der Waals surface area contributed by atoms with Crippen LogP contribution in [-0.4, -0.2) is 33.7 Å². The number of imide groups is 1. The molecule has 2 unspecified atom stereocenters. The van der Waals surface area contributed by atoms with Crippen LogP contribution in [0.2, 0.25) is 5.02 Å². The number of benzene rings is 1. The van der Waals surface area contributed by atoms with Gasteiger partial charge in [0.2, 0.25) is 20.0 Å². The van der Waals surface area contributed by atoms with E-state index < -0.39 is 58.5 Å². The Morgan fingerprint density at radius 1 is 0.929 bits per heavy atom. The molecule has 5 N–H and O–H groups in total. The number of nitrogens with one attached hydrogen (secondary N) is 1. The Bertz CT molecular complexity index is 1130. The number of anilines is 1. The van der Waals surface area contributed by atoms with Crippen LogP contribution in [0.15, 0.2) is 34.1 Å². The van der Waals surface area contributed by atoms with Gasteiger partial charge in [-0.1, -0.05) is 23.8 Å². The maximum Gasteiger partial charge on any atom is 0.252 e. The number of nitrogens with two attached hydrogens (primary N) is 2. The summed E-state index contributed by atoms with van der Waals surface area (Å²) in [5, 5.41) is 10.6. The third-order valence-electron chi connectivity index (χ3n) is 5.35. The SMILES string of the molecule is NS(=O)(=O)c1cc(S(N)(=O)=O)c(NN2C(=O)[C@@H]3C4C=CC(C4)[C@@H]3C2=O)cc1Cl. The Balaban J connectivity index is 1.76. The summed E-state index contributed by atoms with van der Waals surface area (Å²) in [4.78, 5) is 24.2. The number of nitrogens with zero attached hydrogens (tertiary/aromatic N) is 1. The van der Waals surface area contributed by atoms with E-state index in [1.165, 1.54) is 0 Å². The van der Waals surface area contributed by atoms with Crippen LogP contribution in [0.4, 0.5) is 5.69 Å². The molecule has 2 bridgehead atoms. The number of sulfonamides is 2. The van der Waals surface area contributed by atoms with Crippen molar-refractivity contribution in [3.8, 4) is 0 Å². The zero-order valence-corrected chi connectivity index (χ0v) is 16.5. The zero-order valence-electron chi connectivity index (χ0n) is 14.1. The van der Waals surface area contributed by atoms with Crippen LogP contribution in [0.3, 0.4) is 0 Å². The summed E-state index contributed by atoms with van der Waals surface area (Å²) in [6.45, 7) is 0. The smallest absolute Gasteiger partial charge is 0.252 e. The minimum absolute atomic E-state index is 0.0377. The lowest BCUT2D eigenvalue weighted by Crippen LogP contribution is -2.38. The van der Waals surface area contributed by atoms with Crippen LogP contribution in [0.25, 0.3) is 0 Å². The molecule has 2 amide bonds. The van der Waals surface area contributed by atoms with Crippen molar-refractivity contribution in [3.63, 3.8) is 0 Å². The first kappa shape index (κ1) is 19.3. The Morgan fingerprint density at radius 2 is 1.43 bits per heavy atom. The molecule has 1 saturated carbocycles. The summed E-state index contributed by atoms with van der Waals surface area (Å²) in [5.41, 5.74) is 2.16. The fourth-order valence-corrected chi connectivity index (χ4v) is 6.08. The van der Waals surface area contributed by atoms with E-state index in [2.05, 4.69) is 5.43 Å². The standard InChI is InChI=1S/C15H15ClN4O6S2/c16-8-4-9(11(28(18,25)26)5-10(8)27(17,23)24)19-20-14(21)12-6-1-2-7(3-6)13(12)15(20)22/h1-2,4-7,12-13,19H,3H2,(H2,17,23,24)(H2,18,25,26)/t6?,7?,12-,13+. The number of carbonyl (C=O) groups is 2. The van der Waals surface area contributed by atoms with Crippen molar-refractivity contribution in [1.29, 1.82) is 0 Å². The van der Waals surface area contributed by atoms with Crippen molar-refractivity contribution < 1.29 is 26.4 Å². The summed E-state index contributed by atoms with van der Waals surface area (Å²) in [5.74, 6) is -2.06. The number of allylic oxidation sites excluding steroid dienone is 2. The quantitative estimate of drug-likeness (QED) is 0.423. The molecule has 13 heteroatoms. The first-order valence-electron chi connectivity index (χ1n) is 8.11. The second kappa shape index (κ2) is 6.00.